The summed E-state index contributed by atoms with van der Waals surface area (Å²) in [5.74, 6) is -0.222. The number of rotatable bonds is 4. The van der Waals surface area contributed by atoms with Gasteiger partial charge in [0.15, 0.2) is 0 Å². The maximum absolute atomic E-state index is 12.6. The van der Waals surface area contributed by atoms with Crippen LogP contribution in [0, 0.1) is 0 Å². The number of nitrogens with two attached hydrogens (primary N) is 1. The van der Waals surface area contributed by atoms with Crippen molar-refractivity contribution < 1.29 is 18.0 Å². The maximum atomic E-state index is 12.6. The predicted octanol–water partition coefficient (Wildman–Crippen LogP) is 2.16. The van der Waals surface area contributed by atoms with Crippen LogP contribution < -0.4 is 5.73 Å². The van der Waals surface area contributed by atoms with Gasteiger partial charge < -0.3 is 10.6 Å². The summed E-state index contributed by atoms with van der Waals surface area (Å²) >= 11 is 0. The fourth-order valence-electron chi connectivity index (χ4n) is 1.97. The minimum absolute atomic E-state index is 0.116. The van der Waals surface area contributed by atoms with Crippen molar-refractivity contribution >= 4 is 5.91 Å². The summed E-state index contributed by atoms with van der Waals surface area (Å²) in [6, 6.07) is 5.19. The molecule has 0 saturated heterocycles. The van der Waals surface area contributed by atoms with Gasteiger partial charge in [0.1, 0.15) is 0 Å². The Labute approximate surface area is 109 Å². The van der Waals surface area contributed by atoms with E-state index in [0.29, 0.717) is 5.56 Å². The topological polar surface area (TPSA) is 46.3 Å². The first-order valence-electron chi connectivity index (χ1n) is 6.07. The van der Waals surface area contributed by atoms with Gasteiger partial charge in [0, 0.05) is 12.6 Å². The third-order valence-electron chi connectivity index (χ3n) is 3.09. The monoisotopic (exact) mass is 272 g/mol. The number of nitrogens with zero attached hydrogens (tertiary/aromatic N) is 1. The quantitative estimate of drug-likeness (QED) is 0.913. The summed E-state index contributed by atoms with van der Waals surface area (Å²) < 4.78 is 37.8. The fraction of sp³-hybridized carbons (Fsp3) is 0.462. The molecule has 1 aliphatic carbocycles. The van der Waals surface area contributed by atoms with E-state index in [1.54, 1.807) is 11.0 Å². The van der Waals surface area contributed by atoms with Crippen LogP contribution in [0.15, 0.2) is 24.3 Å². The van der Waals surface area contributed by atoms with Crippen LogP contribution in [-0.2, 0) is 17.5 Å². The van der Waals surface area contributed by atoms with Crippen LogP contribution in [-0.4, -0.2) is 23.4 Å². The molecule has 19 heavy (non-hydrogen) atoms. The minimum atomic E-state index is -4.36. The SMILES string of the molecule is NCC(=O)N(Cc1cccc(C(F)(F)F)c1)C1CC1. The molecule has 1 aliphatic rings. The van der Waals surface area contributed by atoms with E-state index < -0.39 is 11.7 Å². The number of carbonyl (C=O) groups excluding carboxylic acids is 1. The Balaban J connectivity index is 2.15. The molecule has 0 spiro atoms. The van der Waals surface area contributed by atoms with Crippen LogP contribution >= 0.6 is 0 Å². The van der Waals surface area contributed by atoms with E-state index in [4.69, 9.17) is 5.73 Å². The van der Waals surface area contributed by atoms with E-state index in [1.807, 2.05) is 0 Å². The Morgan fingerprint density at radius 3 is 2.58 bits per heavy atom. The number of halogens is 3. The lowest BCUT2D eigenvalue weighted by Gasteiger charge is -2.22. The second-order valence-electron chi connectivity index (χ2n) is 4.66. The molecule has 0 aromatic heterocycles. The van der Waals surface area contributed by atoms with Gasteiger partial charge >= 0.3 is 6.18 Å². The molecule has 1 aromatic rings. The Kier molecular flexibility index (Phi) is 3.80. The van der Waals surface area contributed by atoms with E-state index in [2.05, 4.69) is 0 Å². The summed E-state index contributed by atoms with van der Waals surface area (Å²) in [5.41, 5.74) is 5.10. The summed E-state index contributed by atoms with van der Waals surface area (Å²) in [6.07, 6.45) is -2.58. The highest BCUT2D eigenvalue weighted by atomic mass is 19.4. The molecule has 1 saturated carbocycles. The molecule has 2 N–H and O–H groups in total. The van der Waals surface area contributed by atoms with Gasteiger partial charge in [-0.25, -0.2) is 0 Å². The Hall–Kier alpha value is -1.56. The summed E-state index contributed by atoms with van der Waals surface area (Å²) in [6.45, 7) is 0.0695. The average molecular weight is 272 g/mol. The lowest BCUT2D eigenvalue weighted by molar-refractivity contribution is -0.137. The first kappa shape index (κ1) is 13.9. The number of alkyl halides is 3. The highest BCUT2D eigenvalue weighted by Crippen LogP contribution is 2.31. The van der Waals surface area contributed by atoms with E-state index in [1.165, 1.54) is 6.07 Å². The molecule has 0 aliphatic heterocycles. The lowest BCUT2D eigenvalue weighted by Crippen LogP contribution is -2.37. The zero-order valence-corrected chi connectivity index (χ0v) is 10.3. The molecule has 0 atom stereocenters. The van der Waals surface area contributed by atoms with Gasteiger partial charge in [0.05, 0.1) is 12.1 Å². The van der Waals surface area contributed by atoms with E-state index in [0.717, 1.165) is 25.0 Å². The number of amides is 1. The first-order valence-corrected chi connectivity index (χ1v) is 6.07. The third-order valence-corrected chi connectivity index (χ3v) is 3.09. The second kappa shape index (κ2) is 5.21. The number of benzene rings is 1. The molecule has 0 unspecified atom stereocenters. The van der Waals surface area contributed by atoms with Crippen LogP contribution in [0.3, 0.4) is 0 Å². The van der Waals surface area contributed by atoms with Gasteiger partial charge in [-0.05, 0) is 30.5 Å². The van der Waals surface area contributed by atoms with Crippen molar-refractivity contribution in [3.63, 3.8) is 0 Å². The molecule has 1 aromatic carbocycles. The number of carbonyl (C=O) groups is 1. The Morgan fingerprint density at radius 2 is 2.05 bits per heavy atom. The third kappa shape index (κ3) is 3.47. The van der Waals surface area contributed by atoms with Gasteiger partial charge in [-0.3, -0.25) is 4.79 Å². The smallest absolute Gasteiger partial charge is 0.334 e. The number of hydrogen-bond acceptors (Lipinski definition) is 2. The van der Waals surface area contributed by atoms with Crippen molar-refractivity contribution in [2.24, 2.45) is 5.73 Å². The predicted molar refractivity (Wildman–Crippen MR) is 64.1 cm³/mol. The van der Waals surface area contributed by atoms with Crippen LogP contribution in [0.5, 0.6) is 0 Å². The maximum Gasteiger partial charge on any atom is 0.416 e. The average Bonchev–Trinajstić information content (AvgIpc) is 3.18. The van der Waals surface area contributed by atoms with E-state index in [9.17, 15) is 18.0 Å². The summed E-state index contributed by atoms with van der Waals surface area (Å²) in [5, 5.41) is 0. The van der Waals surface area contributed by atoms with Crippen molar-refractivity contribution in [1.82, 2.24) is 4.90 Å². The van der Waals surface area contributed by atoms with Crippen molar-refractivity contribution in [1.29, 1.82) is 0 Å². The Morgan fingerprint density at radius 1 is 1.37 bits per heavy atom. The van der Waals surface area contributed by atoms with Gasteiger partial charge in [-0.15, -0.1) is 0 Å². The van der Waals surface area contributed by atoms with Gasteiger partial charge in [-0.1, -0.05) is 12.1 Å². The highest BCUT2D eigenvalue weighted by molar-refractivity contribution is 5.78. The van der Waals surface area contributed by atoms with Crippen LogP contribution in [0.1, 0.15) is 24.0 Å². The van der Waals surface area contributed by atoms with Crippen molar-refractivity contribution in [3.8, 4) is 0 Å². The van der Waals surface area contributed by atoms with Crippen LogP contribution in [0.2, 0.25) is 0 Å². The molecule has 3 nitrogen and oxygen atoms in total. The first-order chi connectivity index (χ1) is 8.91. The molecular formula is C13H15F3N2O. The molecule has 0 radical (unpaired) electrons. The van der Waals surface area contributed by atoms with Crippen molar-refractivity contribution in [2.45, 2.75) is 31.6 Å². The molecule has 1 amide bonds. The lowest BCUT2D eigenvalue weighted by atomic mass is 10.1. The number of hydrogen-bond donors (Lipinski definition) is 1. The summed E-state index contributed by atoms with van der Waals surface area (Å²) in [4.78, 5) is 13.2. The van der Waals surface area contributed by atoms with Gasteiger partial charge in [0.2, 0.25) is 5.91 Å². The molecule has 0 bridgehead atoms. The molecule has 0 heterocycles. The van der Waals surface area contributed by atoms with Crippen LogP contribution in [0.4, 0.5) is 13.2 Å². The fourth-order valence-corrected chi connectivity index (χ4v) is 1.97. The van der Waals surface area contributed by atoms with Crippen molar-refractivity contribution in [3.05, 3.63) is 35.4 Å². The van der Waals surface area contributed by atoms with E-state index >= 15 is 0 Å². The van der Waals surface area contributed by atoms with Gasteiger partial charge in [-0.2, -0.15) is 13.2 Å². The normalized spacial score (nSPS) is 15.4. The van der Waals surface area contributed by atoms with E-state index in [-0.39, 0.29) is 25.0 Å². The zero-order valence-electron chi connectivity index (χ0n) is 10.3. The molecule has 6 heteroatoms. The second-order valence-corrected chi connectivity index (χ2v) is 4.66. The van der Waals surface area contributed by atoms with Crippen LogP contribution in [0.25, 0.3) is 0 Å². The molecule has 2 rings (SSSR count). The highest BCUT2D eigenvalue weighted by Gasteiger charge is 2.33. The molecule has 104 valence electrons. The van der Waals surface area contributed by atoms with Gasteiger partial charge in [0.25, 0.3) is 0 Å². The Bertz CT molecular complexity index is 469. The zero-order chi connectivity index (χ0) is 14.0. The summed E-state index contributed by atoms with van der Waals surface area (Å²) in [7, 11) is 0. The van der Waals surface area contributed by atoms with Crippen molar-refractivity contribution in [2.75, 3.05) is 6.54 Å². The minimum Gasteiger partial charge on any atom is -0.334 e. The molecular weight excluding hydrogens is 257 g/mol. The molecule has 1 fully saturated rings. The standard InChI is InChI=1S/C13H15F3N2O/c14-13(15,16)10-3-1-2-9(6-10)8-18(11-4-5-11)12(19)7-17/h1-3,6,11H,4-5,7-8,17H2. The largest absolute Gasteiger partial charge is 0.416 e.